The number of hydrogen-bond acceptors (Lipinski definition) is 3. The van der Waals surface area contributed by atoms with Crippen molar-refractivity contribution in [2.45, 2.75) is 25.3 Å². The van der Waals surface area contributed by atoms with Gasteiger partial charge in [0.15, 0.2) is 11.6 Å². The van der Waals surface area contributed by atoms with Gasteiger partial charge in [-0.15, -0.1) is 0 Å². The lowest BCUT2D eigenvalue weighted by Gasteiger charge is -2.32. The van der Waals surface area contributed by atoms with Gasteiger partial charge in [0.1, 0.15) is 0 Å². The van der Waals surface area contributed by atoms with Crippen LogP contribution in [-0.2, 0) is 4.74 Å². The van der Waals surface area contributed by atoms with Gasteiger partial charge >= 0.3 is 0 Å². The van der Waals surface area contributed by atoms with Crippen LogP contribution in [0.2, 0.25) is 0 Å². The summed E-state index contributed by atoms with van der Waals surface area (Å²) in [5.41, 5.74) is 6.27. The smallest absolute Gasteiger partial charge is 0.163 e. The number of ether oxygens (including phenoxy) is 1. The highest BCUT2D eigenvalue weighted by Gasteiger charge is 2.20. The van der Waals surface area contributed by atoms with Crippen LogP contribution in [0.3, 0.4) is 0 Å². The van der Waals surface area contributed by atoms with Crippen LogP contribution >= 0.6 is 0 Å². The molecule has 118 valence electrons. The molecule has 0 aromatic heterocycles. The lowest BCUT2D eigenvalue weighted by Crippen LogP contribution is -2.36. The molecule has 0 spiro atoms. The summed E-state index contributed by atoms with van der Waals surface area (Å²) in [6, 6.07) is 3.72. The van der Waals surface area contributed by atoms with Gasteiger partial charge in [0.05, 0.1) is 0 Å². The molecule has 3 nitrogen and oxygen atoms in total. The third-order valence-corrected chi connectivity index (χ3v) is 4.25. The third kappa shape index (κ3) is 4.46. The third-order valence-electron chi connectivity index (χ3n) is 4.25. The van der Waals surface area contributed by atoms with Crippen molar-refractivity contribution < 1.29 is 13.5 Å². The topological polar surface area (TPSA) is 38.5 Å². The van der Waals surface area contributed by atoms with Crippen LogP contribution in [-0.4, -0.2) is 38.3 Å². The number of benzene rings is 1. The number of nitrogens with zero attached hydrogens (tertiary/aromatic N) is 1. The monoisotopic (exact) mass is 298 g/mol. The Morgan fingerprint density at radius 3 is 2.71 bits per heavy atom. The zero-order chi connectivity index (χ0) is 15.2. The Kier molecular flexibility index (Phi) is 6.08. The van der Waals surface area contributed by atoms with E-state index < -0.39 is 17.7 Å². The molecule has 1 aromatic rings. The van der Waals surface area contributed by atoms with Gasteiger partial charge in [-0.25, -0.2) is 8.78 Å². The van der Waals surface area contributed by atoms with E-state index in [1.807, 2.05) is 0 Å². The molecule has 1 unspecified atom stereocenters. The Hall–Kier alpha value is -1.04. The number of piperidine rings is 1. The molecule has 1 aliphatic heterocycles. The van der Waals surface area contributed by atoms with E-state index in [1.165, 1.54) is 6.07 Å². The van der Waals surface area contributed by atoms with Crippen LogP contribution in [0.25, 0.3) is 0 Å². The predicted molar refractivity (Wildman–Crippen MR) is 78.9 cm³/mol. The SMILES string of the molecule is COCC1CCN(CCC(N)c2cccc(F)c2F)CC1. The predicted octanol–water partition coefficient (Wildman–Crippen LogP) is 2.71. The van der Waals surface area contributed by atoms with Crippen LogP contribution in [0.4, 0.5) is 8.78 Å². The zero-order valence-electron chi connectivity index (χ0n) is 12.5. The molecular formula is C16H24F2N2O. The standard InChI is InChI=1S/C16H24F2N2O/c1-21-11-12-5-8-20(9-6-12)10-7-15(19)13-3-2-4-14(17)16(13)18/h2-4,12,15H,5-11,19H2,1H3. The molecule has 0 aliphatic carbocycles. The van der Waals surface area contributed by atoms with Crippen molar-refractivity contribution >= 4 is 0 Å². The second-order valence-electron chi connectivity index (χ2n) is 5.78. The number of halogens is 2. The summed E-state index contributed by atoms with van der Waals surface area (Å²) in [7, 11) is 1.74. The number of nitrogens with two attached hydrogens (primary N) is 1. The quantitative estimate of drug-likeness (QED) is 0.877. The van der Waals surface area contributed by atoms with Gasteiger partial charge in [0, 0.05) is 25.3 Å². The molecule has 2 rings (SSSR count). The van der Waals surface area contributed by atoms with Gasteiger partial charge in [-0.1, -0.05) is 12.1 Å². The fourth-order valence-electron chi connectivity index (χ4n) is 2.90. The average Bonchev–Trinajstić information content (AvgIpc) is 2.49. The minimum absolute atomic E-state index is 0.268. The summed E-state index contributed by atoms with van der Waals surface area (Å²) < 4.78 is 32.0. The molecular weight excluding hydrogens is 274 g/mol. The Balaban J connectivity index is 1.79. The highest BCUT2D eigenvalue weighted by Crippen LogP contribution is 2.22. The second-order valence-corrected chi connectivity index (χ2v) is 5.78. The Labute approximate surface area is 125 Å². The molecule has 21 heavy (non-hydrogen) atoms. The van der Waals surface area contributed by atoms with E-state index in [-0.39, 0.29) is 5.56 Å². The van der Waals surface area contributed by atoms with E-state index in [0.717, 1.165) is 45.1 Å². The highest BCUT2D eigenvalue weighted by atomic mass is 19.2. The maximum Gasteiger partial charge on any atom is 0.163 e. The second kappa shape index (κ2) is 7.82. The van der Waals surface area contributed by atoms with Gasteiger partial charge in [-0.05, 0) is 50.9 Å². The van der Waals surface area contributed by atoms with Gasteiger partial charge < -0.3 is 15.4 Å². The van der Waals surface area contributed by atoms with Crippen molar-refractivity contribution in [3.63, 3.8) is 0 Å². The van der Waals surface area contributed by atoms with E-state index in [0.29, 0.717) is 12.3 Å². The van der Waals surface area contributed by atoms with E-state index in [9.17, 15) is 8.78 Å². The summed E-state index contributed by atoms with van der Waals surface area (Å²) in [6.07, 6.45) is 2.88. The molecule has 1 heterocycles. The molecule has 0 saturated carbocycles. The van der Waals surface area contributed by atoms with Crippen molar-refractivity contribution in [3.8, 4) is 0 Å². The summed E-state index contributed by atoms with van der Waals surface area (Å²) in [6.45, 7) is 3.68. The Morgan fingerprint density at radius 2 is 2.05 bits per heavy atom. The molecule has 1 fully saturated rings. The number of methoxy groups -OCH3 is 1. The van der Waals surface area contributed by atoms with E-state index in [2.05, 4.69) is 4.90 Å². The number of hydrogen-bond donors (Lipinski definition) is 1. The molecule has 0 bridgehead atoms. The van der Waals surface area contributed by atoms with Crippen LogP contribution in [0, 0.1) is 17.6 Å². The number of likely N-dealkylation sites (tertiary alicyclic amines) is 1. The summed E-state index contributed by atoms with van der Waals surface area (Å²) in [5.74, 6) is -1.01. The average molecular weight is 298 g/mol. The van der Waals surface area contributed by atoms with Crippen LogP contribution < -0.4 is 5.73 Å². The first-order valence-corrected chi connectivity index (χ1v) is 7.52. The van der Waals surface area contributed by atoms with Crippen molar-refractivity contribution in [1.29, 1.82) is 0 Å². The fourth-order valence-corrected chi connectivity index (χ4v) is 2.90. The molecule has 1 aromatic carbocycles. The van der Waals surface area contributed by atoms with Gasteiger partial charge in [0.25, 0.3) is 0 Å². The first kappa shape index (κ1) is 16.3. The van der Waals surface area contributed by atoms with Crippen LogP contribution in [0.1, 0.15) is 30.9 Å². The minimum Gasteiger partial charge on any atom is -0.384 e. The first-order chi connectivity index (χ1) is 10.1. The van der Waals surface area contributed by atoms with Gasteiger partial charge in [0.2, 0.25) is 0 Å². The Bertz CT molecular complexity index is 448. The normalized spacial score (nSPS) is 18.9. The largest absolute Gasteiger partial charge is 0.384 e. The van der Waals surface area contributed by atoms with Crippen molar-refractivity contribution in [1.82, 2.24) is 4.90 Å². The maximum atomic E-state index is 13.7. The Morgan fingerprint density at radius 1 is 1.33 bits per heavy atom. The van der Waals surface area contributed by atoms with E-state index in [1.54, 1.807) is 13.2 Å². The maximum absolute atomic E-state index is 13.7. The summed E-state index contributed by atoms with van der Waals surface area (Å²) in [4.78, 5) is 2.34. The molecule has 1 saturated heterocycles. The van der Waals surface area contributed by atoms with E-state index >= 15 is 0 Å². The molecule has 1 atom stereocenters. The fraction of sp³-hybridized carbons (Fsp3) is 0.625. The van der Waals surface area contributed by atoms with Crippen molar-refractivity contribution in [2.24, 2.45) is 11.7 Å². The highest BCUT2D eigenvalue weighted by molar-refractivity contribution is 5.22. The van der Waals surface area contributed by atoms with Crippen LogP contribution in [0.15, 0.2) is 18.2 Å². The van der Waals surface area contributed by atoms with Gasteiger partial charge in [-0.2, -0.15) is 0 Å². The molecule has 5 heteroatoms. The first-order valence-electron chi connectivity index (χ1n) is 7.52. The lowest BCUT2D eigenvalue weighted by atomic mass is 9.97. The molecule has 2 N–H and O–H groups in total. The zero-order valence-corrected chi connectivity index (χ0v) is 12.5. The molecule has 0 radical (unpaired) electrons. The van der Waals surface area contributed by atoms with Crippen LogP contribution in [0.5, 0.6) is 0 Å². The van der Waals surface area contributed by atoms with Gasteiger partial charge in [-0.3, -0.25) is 0 Å². The lowest BCUT2D eigenvalue weighted by molar-refractivity contribution is 0.0982. The van der Waals surface area contributed by atoms with E-state index in [4.69, 9.17) is 10.5 Å². The molecule has 0 amide bonds. The van der Waals surface area contributed by atoms with Crippen molar-refractivity contribution in [3.05, 3.63) is 35.4 Å². The summed E-state index contributed by atoms with van der Waals surface area (Å²) >= 11 is 0. The van der Waals surface area contributed by atoms with Crippen molar-refractivity contribution in [2.75, 3.05) is 33.4 Å². The molecule has 1 aliphatic rings. The number of rotatable bonds is 6. The minimum atomic E-state index is -0.830. The summed E-state index contributed by atoms with van der Waals surface area (Å²) in [5, 5.41) is 0.